The van der Waals surface area contributed by atoms with E-state index in [1.54, 1.807) is 62.4 Å². The van der Waals surface area contributed by atoms with Crippen LogP contribution in [0.15, 0.2) is 76.6 Å². The van der Waals surface area contributed by atoms with Crippen LogP contribution in [0.3, 0.4) is 0 Å². The standard InChI is InChI=1S/C33H28ClN3O8S2/c1-3-44-23-15-18(7-14-22(23)38)25-26-27(30(41)37(29(26)40)21-12-8-19(34)9-13-21)46-31-28(25)47-33(43)36(31)16-24(39)35-20-10-5-17(6-11-20)32(42)45-4-2/h5-15,25-27,38H,3-4,16H2,1-2H3,(H,35,39)/t25-,26?,27?/m0/s1. The third-order valence-corrected chi connectivity index (χ3v) is 10.6. The van der Waals surface area contributed by atoms with E-state index in [0.717, 1.165) is 28.0 Å². The normalized spacial score (nSPS) is 18.4. The van der Waals surface area contributed by atoms with E-state index in [2.05, 4.69) is 5.32 Å². The minimum absolute atomic E-state index is 0.0908. The summed E-state index contributed by atoms with van der Waals surface area (Å²) in [5.74, 6) is -3.40. The van der Waals surface area contributed by atoms with Crippen molar-refractivity contribution in [3.8, 4) is 11.5 Å². The fourth-order valence-corrected chi connectivity index (χ4v) is 8.60. The first kappa shape index (κ1) is 32.4. The number of thioether (sulfide) groups is 1. The van der Waals surface area contributed by atoms with E-state index in [1.807, 2.05) is 0 Å². The number of rotatable bonds is 9. The van der Waals surface area contributed by atoms with Gasteiger partial charge in [0.15, 0.2) is 11.5 Å². The fourth-order valence-electron chi connectivity index (χ4n) is 5.70. The minimum Gasteiger partial charge on any atom is -0.504 e. The van der Waals surface area contributed by atoms with Gasteiger partial charge in [-0.05, 0) is 80.1 Å². The van der Waals surface area contributed by atoms with E-state index in [4.69, 9.17) is 21.1 Å². The number of halogens is 1. The molecule has 3 amide bonds. The van der Waals surface area contributed by atoms with Crippen LogP contribution in [0.1, 0.15) is 40.6 Å². The van der Waals surface area contributed by atoms with Crippen molar-refractivity contribution in [2.45, 2.75) is 36.6 Å². The number of aromatic hydroxyl groups is 1. The number of amides is 3. The second kappa shape index (κ2) is 13.3. The zero-order chi connectivity index (χ0) is 33.4. The number of ether oxygens (including phenoxy) is 2. The number of benzene rings is 3. The summed E-state index contributed by atoms with van der Waals surface area (Å²) in [6.07, 6.45) is 0. The number of hydrogen-bond donors (Lipinski definition) is 2. The topological polar surface area (TPSA) is 144 Å². The molecule has 0 aliphatic carbocycles. The number of anilines is 2. The summed E-state index contributed by atoms with van der Waals surface area (Å²) in [5, 5.41) is 13.1. The molecule has 2 unspecified atom stereocenters. The molecule has 1 fully saturated rings. The number of carbonyl (C=O) groups is 4. The van der Waals surface area contributed by atoms with E-state index >= 15 is 0 Å². The molecular weight excluding hydrogens is 666 g/mol. The SMILES string of the molecule is CCOC(=O)c1ccc(NC(=O)Cn2c3c(sc2=O)[C@@H](c2ccc(O)c(OCC)c2)C2C(=O)N(c4ccc(Cl)cc4)C(=O)C2S3)cc1. The number of fused-ring (bicyclic) bond motifs is 2. The van der Waals surface area contributed by atoms with Crippen molar-refractivity contribution in [1.82, 2.24) is 4.57 Å². The average molecular weight is 694 g/mol. The molecule has 1 saturated heterocycles. The number of imide groups is 1. The summed E-state index contributed by atoms with van der Waals surface area (Å²) in [7, 11) is 0. The molecule has 242 valence electrons. The third-order valence-electron chi connectivity index (χ3n) is 7.76. The van der Waals surface area contributed by atoms with Crippen molar-refractivity contribution in [2.75, 3.05) is 23.4 Å². The molecule has 6 rings (SSSR count). The molecule has 0 bridgehead atoms. The maximum absolute atomic E-state index is 14.1. The van der Waals surface area contributed by atoms with Crippen molar-refractivity contribution in [3.05, 3.63) is 97.4 Å². The first-order valence-corrected chi connectivity index (χ1v) is 16.7. The van der Waals surface area contributed by atoms with Gasteiger partial charge in [0.25, 0.3) is 0 Å². The lowest BCUT2D eigenvalue weighted by atomic mass is 9.83. The Morgan fingerprint density at radius 3 is 2.36 bits per heavy atom. The highest BCUT2D eigenvalue weighted by atomic mass is 35.5. The fraction of sp³-hybridized carbons (Fsp3) is 0.242. The number of esters is 1. The molecule has 2 aliphatic heterocycles. The second-order valence-electron chi connectivity index (χ2n) is 10.7. The first-order valence-electron chi connectivity index (χ1n) is 14.7. The van der Waals surface area contributed by atoms with Gasteiger partial charge in [0.1, 0.15) is 11.8 Å². The molecule has 3 heterocycles. The maximum Gasteiger partial charge on any atom is 0.338 e. The van der Waals surface area contributed by atoms with E-state index in [0.29, 0.717) is 37.4 Å². The Kier molecular flexibility index (Phi) is 9.13. The molecule has 14 heteroatoms. The maximum atomic E-state index is 14.1. The molecule has 0 saturated carbocycles. The number of aromatic nitrogens is 1. The quantitative estimate of drug-likeness (QED) is 0.177. The van der Waals surface area contributed by atoms with Crippen LogP contribution in [0.5, 0.6) is 11.5 Å². The zero-order valence-electron chi connectivity index (χ0n) is 25.1. The molecule has 1 aromatic heterocycles. The summed E-state index contributed by atoms with van der Waals surface area (Å²) in [6, 6.07) is 17.2. The summed E-state index contributed by atoms with van der Waals surface area (Å²) < 4.78 is 11.9. The molecule has 4 aromatic rings. The van der Waals surface area contributed by atoms with Crippen molar-refractivity contribution in [2.24, 2.45) is 5.92 Å². The van der Waals surface area contributed by atoms with Gasteiger partial charge < -0.3 is 19.9 Å². The summed E-state index contributed by atoms with van der Waals surface area (Å²) in [5.41, 5.74) is 1.68. The van der Waals surface area contributed by atoms with Gasteiger partial charge in [-0.3, -0.25) is 23.7 Å². The van der Waals surface area contributed by atoms with Gasteiger partial charge >= 0.3 is 10.8 Å². The minimum atomic E-state index is -0.904. The molecule has 3 atom stereocenters. The molecule has 47 heavy (non-hydrogen) atoms. The van der Waals surface area contributed by atoms with E-state index in [-0.39, 0.29) is 31.3 Å². The highest BCUT2D eigenvalue weighted by molar-refractivity contribution is 8.00. The molecule has 0 spiro atoms. The molecule has 2 aliphatic rings. The van der Waals surface area contributed by atoms with E-state index in [9.17, 15) is 29.1 Å². The Morgan fingerprint density at radius 2 is 1.68 bits per heavy atom. The lowest BCUT2D eigenvalue weighted by Crippen LogP contribution is -2.33. The van der Waals surface area contributed by atoms with E-state index < -0.39 is 45.6 Å². The predicted octanol–water partition coefficient (Wildman–Crippen LogP) is 5.28. The van der Waals surface area contributed by atoms with Gasteiger partial charge in [0.2, 0.25) is 17.7 Å². The monoisotopic (exact) mass is 693 g/mol. The van der Waals surface area contributed by atoms with Crippen LogP contribution >= 0.6 is 34.7 Å². The van der Waals surface area contributed by atoms with Gasteiger partial charge in [0.05, 0.1) is 35.4 Å². The predicted molar refractivity (Wildman–Crippen MR) is 178 cm³/mol. The molecule has 0 radical (unpaired) electrons. The van der Waals surface area contributed by atoms with Crippen molar-refractivity contribution < 1.29 is 33.8 Å². The van der Waals surface area contributed by atoms with Crippen LogP contribution in [-0.2, 0) is 25.7 Å². The molecule has 11 nitrogen and oxygen atoms in total. The lowest BCUT2D eigenvalue weighted by molar-refractivity contribution is -0.122. The Bertz CT molecular complexity index is 1940. The van der Waals surface area contributed by atoms with Crippen molar-refractivity contribution >= 4 is 69.8 Å². The van der Waals surface area contributed by atoms with Crippen LogP contribution in [0.2, 0.25) is 5.02 Å². The lowest BCUT2D eigenvalue weighted by Gasteiger charge is -2.31. The van der Waals surface area contributed by atoms with Gasteiger partial charge in [-0.15, -0.1) is 0 Å². The van der Waals surface area contributed by atoms with Gasteiger partial charge in [0, 0.05) is 21.5 Å². The summed E-state index contributed by atoms with van der Waals surface area (Å²) in [6.45, 7) is 3.63. The van der Waals surface area contributed by atoms with Crippen LogP contribution in [0, 0.1) is 5.92 Å². The second-order valence-corrected chi connectivity index (χ2v) is 13.2. The number of thiazole rings is 1. The van der Waals surface area contributed by atoms with Gasteiger partial charge in [-0.25, -0.2) is 9.69 Å². The first-order chi connectivity index (χ1) is 22.6. The highest BCUT2D eigenvalue weighted by Gasteiger charge is 2.57. The Morgan fingerprint density at radius 1 is 0.957 bits per heavy atom. The third kappa shape index (κ3) is 6.13. The van der Waals surface area contributed by atoms with Crippen molar-refractivity contribution in [1.29, 1.82) is 0 Å². The highest BCUT2D eigenvalue weighted by Crippen LogP contribution is 2.54. The Hall–Kier alpha value is -4.59. The number of phenolic OH excluding ortho intramolecular Hbond substituents is 1. The van der Waals surface area contributed by atoms with Crippen LogP contribution in [0.4, 0.5) is 11.4 Å². The number of nitrogens with zero attached hydrogens (tertiary/aromatic N) is 2. The van der Waals surface area contributed by atoms with Gasteiger partial charge in [-0.1, -0.05) is 40.8 Å². The average Bonchev–Trinajstić information content (AvgIpc) is 3.49. The van der Waals surface area contributed by atoms with Crippen LogP contribution in [0.25, 0.3) is 0 Å². The Labute approximate surface area is 282 Å². The molecule has 2 N–H and O–H groups in total. The number of hydrogen-bond acceptors (Lipinski definition) is 10. The van der Waals surface area contributed by atoms with Crippen molar-refractivity contribution in [3.63, 3.8) is 0 Å². The summed E-state index contributed by atoms with van der Waals surface area (Å²) >= 11 is 8.06. The number of nitrogens with one attached hydrogen (secondary N) is 1. The molecular formula is C33H28ClN3O8S2. The largest absolute Gasteiger partial charge is 0.504 e. The van der Waals surface area contributed by atoms with Crippen LogP contribution in [-0.4, -0.2) is 51.8 Å². The summed E-state index contributed by atoms with van der Waals surface area (Å²) in [4.78, 5) is 67.9. The molecule has 3 aromatic carbocycles. The Balaban J connectivity index is 1.36. The van der Waals surface area contributed by atoms with Crippen LogP contribution < -0.4 is 19.8 Å². The van der Waals surface area contributed by atoms with E-state index in [1.165, 1.54) is 22.8 Å². The smallest absolute Gasteiger partial charge is 0.338 e. The number of carbonyl (C=O) groups excluding carboxylic acids is 4. The van der Waals surface area contributed by atoms with Gasteiger partial charge in [-0.2, -0.15) is 0 Å². The number of phenols is 1. The zero-order valence-corrected chi connectivity index (χ0v) is 27.5.